The highest BCUT2D eigenvalue weighted by Gasteiger charge is 1.99. The molecule has 1 rings (SSSR count). The third kappa shape index (κ3) is 0.758. The molecule has 0 bridgehead atoms. The number of hydrogen-bond donors (Lipinski definition) is 1. The highest BCUT2D eigenvalue weighted by atomic mass is 32.2. The van der Waals surface area contributed by atoms with Gasteiger partial charge in [-0.1, -0.05) is 6.08 Å². The summed E-state index contributed by atoms with van der Waals surface area (Å²) in [5.41, 5.74) is 5.43. The molecule has 1 aliphatic heterocycles. The first-order valence-electron chi connectivity index (χ1n) is 1.93. The predicted octanol–water partition coefficient (Wildman–Crippen LogP) is 0.574. The molecule has 1 unspecified atom stereocenters. The Morgan fingerprint density at radius 1 is 1.83 bits per heavy atom. The van der Waals surface area contributed by atoms with Crippen molar-refractivity contribution < 1.29 is 0 Å². The van der Waals surface area contributed by atoms with Gasteiger partial charge >= 0.3 is 0 Å². The van der Waals surface area contributed by atoms with E-state index in [-0.39, 0.29) is 0 Å². The van der Waals surface area contributed by atoms with Gasteiger partial charge in [0.25, 0.3) is 0 Å². The molecule has 1 heterocycles. The largest absolute Gasteiger partial charge is 0.324 e. The molecule has 0 aromatic rings. The van der Waals surface area contributed by atoms with Crippen LogP contribution in [0.2, 0.25) is 0 Å². The van der Waals surface area contributed by atoms with Gasteiger partial charge in [0.15, 0.2) is 0 Å². The monoisotopic (exact) mass is 101 g/mol. The zero-order valence-corrected chi connectivity index (χ0v) is 4.24. The average Bonchev–Trinajstić information content (AvgIpc) is 1.86. The summed E-state index contributed by atoms with van der Waals surface area (Å²) >= 11 is 1.78. The molecule has 6 heavy (non-hydrogen) atoms. The molecule has 0 saturated carbocycles. The van der Waals surface area contributed by atoms with Gasteiger partial charge in [-0.15, -0.1) is 11.8 Å². The molecule has 1 aliphatic rings. The zero-order chi connectivity index (χ0) is 4.41. The van der Waals surface area contributed by atoms with Gasteiger partial charge < -0.3 is 5.73 Å². The molecule has 0 amide bonds. The molecule has 1 atom stereocenters. The van der Waals surface area contributed by atoms with Crippen molar-refractivity contribution in [3.05, 3.63) is 11.5 Å². The number of thioether (sulfide) groups is 1. The maximum atomic E-state index is 5.43. The lowest BCUT2D eigenvalue weighted by atomic mass is 10.4. The maximum Gasteiger partial charge on any atom is 0.0327 e. The minimum Gasteiger partial charge on any atom is -0.324 e. The van der Waals surface area contributed by atoms with E-state index in [2.05, 4.69) is 0 Å². The van der Waals surface area contributed by atoms with Crippen molar-refractivity contribution in [1.82, 2.24) is 0 Å². The molecule has 1 nitrogen and oxygen atoms in total. The third-order valence-electron chi connectivity index (χ3n) is 0.711. The van der Waals surface area contributed by atoms with E-state index in [9.17, 15) is 0 Å². The minimum atomic E-state index is 0.329. The van der Waals surface area contributed by atoms with E-state index >= 15 is 0 Å². The Balaban J connectivity index is 2.38. The smallest absolute Gasteiger partial charge is 0.0327 e. The quantitative estimate of drug-likeness (QED) is 0.483. The second-order valence-electron chi connectivity index (χ2n) is 1.33. The van der Waals surface area contributed by atoms with Crippen molar-refractivity contribution in [2.75, 3.05) is 5.75 Å². The summed E-state index contributed by atoms with van der Waals surface area (Å²) in [4.78, 5) is 0. The fraction of sp³-hybridized carbons (Fsp3) is 0.500. The van der Waals surface area contributed by atoms with E-state index in [0.717, 1.165) is 5.75 Å². The van der Waals surface area contributed by atoms with Crippen molar-refractivity contribution in [3.8, 4) is 0 Å². The summed E-state index contributed by atoms with van der Waals surface area (Å²) < 4.78 is 0. The average molecular weight is 101 g/mol. The summed E-state index contributed by atoms with van der Waals surface area (Å²) in [6, 6.07) is 0.329. The molecule has 0 fully saturated rings. The number of rotatable bonds is 0. The number of hydrogen-bond acceptors (Lipinski definition) is 2. The SMILES string of the molecule is NC1C=CSC1. The van der Waals surface area contributed by atoms with Gasteiger partial charge in [0.05, 0.1) is 0 Å². The van der Waals surface area contributed by atoms with Crippen LogP contribution in [0.1, 0.15) is 0 Å². The fourth-order valence-corrected chi connectivity index (χ4v) is 1.14. The van der Waals surface area contributed by atoms with Gasteiger partial charge in [0.1, 0.15) is 0 Å². The molecule has 0 spiro atoms. The normalized spacial score (nSPS) is 31.8. The highest BCUT2D eigenvalue weighted by molar-refractivity contribution is 8.02. The Bertz CT molecular complexity index is 69.9. The lowest BCUT2D eigenvalue weighted by Crippen LogP contribution is -2.15. The van der Waals surface area contributed by atoms with Crippen LogP contribution in [-0.4, -0.2) is 11.8 Å². The van der Waals surface area contributed by atoms with E-state index < -0.39 is 0 Å². The van der Waals surface area contributed by atoms with E-state index in [0.29, 0.717) is 6.04 Å². The first kappa shape index (κ1) is 4.22. The van der Waals surface area contributed by atoms with E-state index in [1.165, 1.54) is 0 Å². The van der Waals surface area contributed by atoms with E-state index in [1.807, 2.05) is 11.5 Å². The van der Waals surface area contributed by atoms with Gasteiger partial charge in [-0.05, 0) is 5.41 Å². The minimum absolute atomic E-state index is 0.329. The fourth-order valence-electron chi connectivity index (χ4n) is 0.379. The Morgan fingerprint density at radius 2 is 2.67 bits per heavy atom. The lowest BCUT2D eigenvalue weighted by Gasteiger charge is -1.89. The Hall–Kier alpha value is 0.0500. The van der Waals surface area contributed by atoms with Crippen molar-refractivity contribution in [3.63, 3.8) is 0 Å². The summed E-state index contributed by atoms with van der Waals surface area (Å²) in [6.07, 6.45) is 2.02. The Morgan fingerprint density at radius 3 is 2.83 bits per heavy atom. The van der Waals surface area contributed by atoms with Gasteiger partial charge in [0.2, 0.25) is 0 Å². The molecular weight excluding hydrogens is 94.1 g/mol. The van der Waals surface area contributed by atoms with Crippen LogP contribution in [0.15, 0.2) is 11.5 Å². The molecule has 0 radical (unpaired) electrons. The van der Waals surface area contributed by atoms with Crippen LogP contribution in [0.5, 0.6) is 0 Å². The molecule has 0 aromatic carbocycles. The third-order valence-corrected chi connectivity index (χ3v) is 1.64. The molecule has 2 N–H and O–H groups in total. The molecule has 2 heteroatoms. The first-order valence-corrected chi connectivity index (χ1v) is 2.98. The van der Waals surface area contributed by atoms with Crippen LogP contribution in [0, 0.1) is 0 Å². The van der Waals surface area contributed by atoms with Gasteiger partial charge in [0, 0.05) is 11.8 Å². The maximum absolute atomic E-state index is 5.43. The molecule has 0 saturated heterocycles. The van der Waals surface area contributed by atoms with Crippen molar-refractivity contribution in [1.29, 1.82) is 0 Å². The van der Waals surface area contributed by atoms with Crippen molar-refractivity contribution >= 4 is 11.8 Å². The summed E-state index contributed by atoms with van der Waals surface area (Å²) in [7, 11) is 0. The lowest BCUT2D eigenvalue weighted by molar-refractivity contribution is 0.955. The molecule has 0 aliphatic carbocycles. The van der Waals surface area contributed by atoms with Crippen LogP contribution in [0.3, 0.4) is 0 Å². The van der Waals surface area contributed by atoms with Gasteiger partial charge in [-0.2, -0.15) is 0 Å². The van der Waals surface area contributed by atoms with Crippen molar-refractivity contribution in [2.45, 2.75) is 6.04 Å². The second kappa shape index (κ2) is 1.67. The zero-order valence-electron chi connectivity index (χ0n) is 3.42. The van der Waals surface area contributed by atoms with E-state index in [4.69, 9.17) is 5.73 Å². The Kier molecular flexibility index (Phi) is 1.17. The van der Waals surface area contributed by atoms with Crippen molar-refractivity contribution in [2.24, 2.45) is 5.73 Å². The van der Waals surface area contributed by atoms with Gasteiger partial charge in [-0.25, -0.2) is 0 Å². The first-order chi connectivity index (χ1) is 2.89. The van der Waals surface area contributed by atoms with Crippen LogP contribution in [0.4, 0.5) is 0 Å². The Labute approximate surface area is 41.6 Å². The molecule has 34 valence electrons. The van der Waals surface area contributed by atoms with Crippen LogP contribution < -0.4 is 5.73 Å². The molecular formula is C4H7NS. The summed E-state index contributed by atoms with van der Waals surface area (Å²) in [6.45, 7) is 0. The number of nitrogens with two attached hydrogens (primary N) is 1. The van der Waals surface area contributed by atoms with Crippen LogP contribution >= 0.6 is 11.8 Å². The standard InChI is InChI=1S/C4H7NS/c5-4-1-2-6-3-4/h1-2,4H,3,5H2. The highest BCUT2D eigenvalue weighted by Crippen LogP contribution is 2.11. The molecule has 0 aromatic heterocycles. The second-order valence-corrected chi connectivity index (χ2v) is 2.26. The predicted molar refractivity (Wildman–Crippen MR) is 29.6 cm³/mol. The van der Waals surface area contributed by atoms with Gasteiger partial charge in [-0.3, -0.25) is 0 Å². The summed E-state index contributed by atoms with van der Waals surface area (Å²) in [5, 5.41) is 2.05. The van der Waals surface area contributed by atoms with Crippen LogP contribution in [-0.2, 0) is 0 Å². The topological polar surface area (TPSA) is 26.0 Å². The summed E-state index contributed by atoms with van der Waals surface area (Å²) in [5.74, 6) is 1.07. The van der Waals surface area contributed by atoms with E-state index in [1.54, 1.807) is 11.8 Å². The van der Waals surface area contributed by atoms with Crippen LogP contribution in [0.25, 0.3) is 0 Å².